The van der Waals surface area contributed by atoms with Crippen LogP contribution < -0.4 is 36.5 Å². The lowest BCUT2D eigenvalue weighted by atomic mass is 9.94. The average molecular weight is 1200 g/mol. The second-order valence-electron chi connectivity index (χ2n) is 21.4. The number of aryl methyl sites for hydroxylation is 2. The monoisotopic (exact) mass is 1200 g/mol. The van der Waals surface area contributed by atoms with Gasteiger partial charge in [-0.1, -0.05) is 91.9 Å². The number of nitrogens with one attached hydrogen (secondary N) is 4. The van der Waals surface area contributed by atoms with E-state index in [2.05, 4.69) is 31.2 Å². The van der Waals surface area contributed by atoms with Crippen LogP contribution in [-0.4, -0.2) is 131 Å². The van der Waals surface area contributed by atoms with E-state index >= 15 is 0 Å². The van der Waals surface area contributed by atoms with Gasteiger partial charge in [0.15, 0.2) is 11.6 Å². The van der Waals surface area contributed by atoms with Gasteiger partial charge in [0.25, 0.3) is 0 Å². The zero-order valence-electron chi connectivity index (χ0n) is 49.0. The summed E-state index contributed by atoms with van der Waals surface area (Å²) in [6, 6.07) is 29.0. The number of carboxylic acid groups (broad SMARTS) is 1. The molecule has 2 aromatic heterocycles. The number of amides is 4. The smallest absolute Gasteiger partial charge is 0.308 e. The number of aromatic nitrogens is 2. The molecule has 4 aromatic carbocycles. The van der Waals surface area contributed by atoms with Crippen LogP contribution in [0.1, 0.15) is 76.1 Å². The number of carbonyl (C=O) groups is 8. The molecular formula is C63H75N7O13S2. The molecule has 2 saturated heterocycles. The minimum Gasteiger partial charge on any atom is -0.497 e. The lowest BCUT2D eigenvalue weighted by Gasteiger charge is -2.25. The summed E-state index contributed by atoms with van der Waals surface area (Å²) in [6.07, 6.45) is 4.64. The van der Waals surface area contributed by atoms with Crippen molar-refractivity contribution in [2.45, 2.75) is 128 Å². The Bertz CT molecular complexity index is 3220. The number of rotatable bonds is 28. The molecule has 0 aliphatic carbocycles. The zero-order valence-corrected chi connectivity index (χ0v) is 50.6. The van der Waals surface area contributed by atoms with Crippen molar-refractivity contribution in [3.8, 4) is 11.5 Å². The number of carbonyl (C=O) groups excluding carboxylic acids is 7. The standard InChI is InChI=1S/C32H37N3O6S.C25H31N3O5.C6H7NO2S/c1-20(14-24(36)17-26-18-33-21(2)42-26)30(38)35-28(16-23-10-12-25(40-4)13-11-23)31(39)34-27(29(37)32(3)19-41-32)15-22-8-6-5-7-9-22;1-16(26)23(30)28-21(14-18-9-11-19(32-3)12-10-18)24(31)27-20(22(29)25(2)15-33-25)13-17-7-5-4-6-8-17;1-4-7-3-5(10-4)2-6(8)9/h5-13,18,20,27-28H,14-17,19H2,1-4H3,(H,34,39)(H,35,38);4-12,16,20-21H,13-15,26H2,1-3H3,(H,27,31)(H,28,30);3H,2H2,1H3,(H,8,9)/t20-,27+,28+,32-;16-,20-,21-,25+;/m10./s1. The first-order valence-corrected chi connectivity index (χ1v) is 29.3. The molecule has 8 rings (SSSR count). The number of nitrogens with zero attached hydrogens (tertiary/aromatic N) is 2. The van der Waals surface area contributed by atoms with Gasteiger partial charge < -0.3 is 51.1 Å². The number of ketones is 3. The van der Waals surface area contributed by atoms with E-state index in [1.54, 1.807) is 78.6 Å². The van der Waals surface area contributed by atoms with Crippen molar-refractivity contribution in [1.82, 2.24) is 31.2 Å². The largest absolute Gasteiger partial charge is 0.497 e. The van der Waals surface area contributed by atoms with Gasteiger partial charge in [-0.3, -0.25) is 38.4 Å². The molecule has 2 aliphatic heterocycles. The molecule has 452 valence electrons. The average Bonchev–Trinajstić information content (AvgIpc) is 2.86. The summed E-state index contributed by atoms with van der Waals surface area (Å²) in [7, 11) is 3.14. The molecule has 2 aliphatic rings. The van der Waals surface area contributed by atoms with E-state index in [0.717, 1.165) is 42.0 Å². The molecule has 0 radical (unpaired) electrons. The molecule has 0 bridgehead atoms. The van der Waals surface area contributed by atoms with E-state index in [1.165, 1.54) is 22.7 Å². The van der Waals surface area contributed by atoms with Crippen molar-refractivity contribution in [3.63, 3.8) is 0 Å². The quantitative estimate of drug-likeness (QED) is 0.0324. The molecule has 0 spiro atoms. The van der Waals surface area contributed by atoms with Crippen LogP contribution in [0.4, 0.5) is 0 Å². The highest BCUT2D eigenvalue weighted by Gasteiger charge is 2.51. The van der Waals surface area contributed by atoms with Crippen LogP contribution in [-0.2, 0) is 86.4 Å². The van der Waals surface area contributed by atoms with Crippen LogP contribution in [0.5, 0.6) is 11.5 Å². The van der Waals surface area contributed by atoms with Crippen molar-refractivity contribution in [2.24, 2.45) is 11.7 Å². The van der Waals surface area contributed by atoms with Gasteiger partial charge >= 0.3 is 5.97 Å². The number of carboxylic acids is 1. The summed E-state index contributed by atoms with van der Waals surface area (Å²) in [5, 5.41) is 21.4. The maximum Gasteiger partial charge on any atom is 0.308 e. The minimum atomic E-state index is -0.980. The number of hydrogen-bond acceptors (Lipinski definition) is 17. The fraction of sp³-hybridized carbons (Fsp3) is 0.397. The summed E-state index contributed by atoms with van der Waals surface area (Å²) in [6.45, 7) is 11.0. The molecule has 4 heterocycles. The second kappa shape index (κ2) is 31.2. The Hall–Kier alpha value is -8.02. The normalized spacial score (nSPS) is 17.6. The molecule has 2 fully saturated rings. The number of nitrogens with two attached hydrogens (primary N) is 1. The van der Waals surface area contributed by atoms with Crippen LogP contribution in [0.2, 0.25) is 0 Å². The lowest BCUT2D eigenvalue weighted by Crippen LogP contribution is -2.56. The molecule has 20 nitrogen and oxygen atoms in total. The van der Waals surface area contributed by atoms with Gasteiger partial charge in [0, 0.05) is 53.7 Å². The van der Waals surface area contributed by atoms with Crippen LogP contribution in [0, 0.1) is 19.8 Å². The summed E-state index contributed by atoms with van der Waals surface area (Å²) in [5.74, 6) is -2.41. The van der Waals surface area contributed by atoms with Crippen molar-refractivity contribution in [2.75, 3.05) is 27.4 Å². The molecule has 7 N–H and O–H groups in total. The van der Waals surface area contributed by atoms with Gasteiger partial charge in [0.2, 0.25) is 23.6 Å². The summed E-state index contributed by atoms with van der Waals surface area (Å²) in [4.78, 5) is 112. The molecule has 6 aromatic rings. The number of epoxide rings is 2. The number of methoxy groups -OCH3 is 2. The fourth-order valence-electron chi connectivity index (χ4n) is 8.76. The Morgan fingerprint density at radius 1 is 0.553 bits per heavy atom. The zero-order chi connectivity index (χ0) is 61.8. The van der Waals surface area contributed by atoms with E-state index in [9.17, 15) is 38.4 Å². The van der Waals surface area contributed by atoms with E-state index in [1.807, 2.05) is 98.8 Å². The van der Waals surface area contributed by atoms with Crippen LogP contribution in [0.15, 0.2) is 122 Å². The first-order chi connectivity index (χ1) is 40.5. The molecule has 85 heavy (non-hydrogen) atoms. The highest BCUT2D eigenvalue weighted by molar-refractivity contribution is 7.11. The molecule has 4 amide bonds. The van der Waals surface area contributed by atoms with Crippen molar-refractivity contribution >= 4 is 69.6 Å². The van der Waals surface area contributed by atoms with Gasteiger partial charge in [-0.15, -0.1) is 22.7 Å². The fourth-order valence-corrected chi connectivity index (χ4v) is 10.4. The molecular weight excluding hydrogens is 1130 g/mol. The van der Waals surface area contributed by atoms with Gasteiger partial charge in [-0.2, -0.15) is 0 Å². The van der Waals surface area contributed by atoms with Crippen LogP contribution in [0.3, 0.4) is 0 Å². The number of benzene rings is 4. The van der Waals surface area contributed by atoms with Gasteiger partial charge in [0.05, 0.1) is 62.0 Å². The van der Waals surface area contributed by atoms with Crippen molar-refractivity contribution < 1.29 is 62.4 Å². The Labute approximate surface area is 503 Å². The van der Waals surface area contributed by atoms with Gasteiger partial charge in [-0.25, -0.2) is 9.97 Å². The van der Waals surface area contributed by atoms with Gasteiger partial charge in [0.1, 0.15) is 40.6 Å². The molecule has 0 saturated carbocycles. The molecule has 8 atom stereocenters. The SMILES string of the molecule is COc1ccc(C[C@H](NC(=O)[C@H](C)CC(=O)Cc2cnc(C)s2)C(=O)N[C@@H](Cc2ccccc2)C(=O)[C@@]2(C)CO2)cc1.COc1ccc(C[C@H](NC(=O)[C@H](C)N)C(=O)N[C@@H](Cc2ccccc2)C(=O)[C@@]2(C)CO2)cc1.Cc1ncc(CC(=O)O)s1. The third-order valence-corrected chi connectivity index (χ3v) is 15.7. The van der Waals surface area contributed by atoms with E-state index in [0.29, 0.717) is 31.1 Å². The number of aliphatic carboxylic acids is 1. The van der Waals surface area contributed by atoms with Crippen LogP contribution in [0.25, 0.3) is 0 Å². The highest BCUT2D eigenvalue weighted by Crippen LogP contribution is 2.30. The third-order valence-electron chi connectivity index (χ3n) is 13.9. The van der Waals surface area contributed by atoms with E-state index in [-0.39, 0.29) is 55.9 Å². The Morgan fingerprint density at radius 3 is 1.25 bits per heavy atom. The predicted octanol–water partition coefficient (Wildman–Crippen LogP) is 5.64. The number of thiazole rings is 2. The van der Waals surface area contributed by atoms with Crippen LogP contribution >= 0.6 is 22.7 Å². The maximum absolute atomic E-state index is 13.7. The summed E-state index contributed by atoms with van der Waals surface area (Å²) in [5.41, 5.74) is 7.28. The number of ether oxygens (including phenoxy) is 4. The Kier molecular flexibility index (Phi) is 24.3. The van der Waals surface area contributed by atoms with Crippen molar-refractivity contribution in [3.05, 3.63) is 164 Å². The molecule has 0 unspecified atom stereocenters. The summed E-state index contributed by atoms with van der Waals surface area (Å²) < 4.78 is 21.1. The molecule has 22 heteroatoms. The van der Waals surface area contributed by atoms with E-state index < -0.39 is 76.9 Å². The first-order valence-electron chi connectivity index (χ1n) is 27.7. The Balaban J connectivity index is 0.000000238. The lowest BCUT2D eigenvalue weighted by molar-refractivity contribution is -0.136. The highest BCUT2D eigenvalue weighted by atomic mass is 32.1. The van der Waals surface area contributed by atoms with E-state index in [4.69, 9.17) is 29.8 Å². The number of hydrogen-bond donors (Lipinski definition) is 6. The topological polar surface area (TPSA) is 300 Å². The minimum absolute atomic E-state index is 0.0322. The third kappa shape index (κ3) is 21.2. The van der Waals surface area contributed by atoms with Crippen molar-refractivity contribution in [1.29, 1.82) is 0 Å². The number of Topliss-reactive ketones (excluding diaryl/α,β-unsaturated/α-hetero) is 3. The maximum atomic E-state index is 13.7. The predicted molar refractivity (Wildman–Crippen MR) is 321 cm³/mol. The first kappa shape index (κ1) is 66.1. The second-order valence-corrected chi connectivity index (χ2v) is 24.0. The Morgan fingerprint density at radius 2 is 0.906 bits per heavy atom. The summed E-state index contributed by atoms with van der Waals surface area (Å²) >= 11 is 2.88. The van der Waals surface area contributed by atoms with Gasteiger partial charge in [-0.05, 0) is 94.0 Å².